The van der Waals surface area contributed by atoms with E-state index in [0.717, 1.165) is 25.0 Å². The van der Waals surface area contributed by atoms with Crippen molar-refractivity contribution in [3.8, 4) is 0 Å². The Kier molecular flexibility index (Phi) is 3.88. The summed E-state index contributed by atoms with van der Waals surface area (Å²) in [7, 11) is 0. The summed E-state index contributed by atoms with van der Waals surface area (Å²) in [6.45, 7) is 3.27. The molecule has 1 fully saturated rings. The molecule has 0 radical (unpaired) electrons. The highest BCUT2D eigenvalue weighted by Crippen LogP contribution is 2.33. The van der Waals surface area contributed by atoms with Gasteiger partial charge in [-0.3, -0.25) is 25.0 Å². The van der Waals surface area contributed by atoms with Crippen LogP contribution < -0.4 is 5.32 Å². The quantitative estimate of drug-likeness (QED) is 0.660. The highest BCUT2D eigenvalue weighted by atomic mass is 16.6. The molecule has 0 heterocycles. The molecule has 1 aromatic rings. The van der Waals surface area contributed by atoms with Crippen LogP contribution in [0.4, 0.5) is 11.4 Å². The molecule has 1 aliphatic carbocycles. The van der Waals surface area contributed by atoms with Gasteiger partial charge in [0, 0.05) is 17.7 Å². The fraction of sp³-hybridized carbons (Fsp3) is 0.462. The number of carbonyl (C=O) groups excluding carboxylic acids is 1. The molecule has 0 saturated heterocycles. The maximum atomic E-state index is 12.2. The van der Waals surface area contributed by atoms with Crippen LogP contribution in [0.1, 0.15) is 35.7 Å². The zero-order chi connectivity index (χ0) is 15.7. The number of carbonyl (C=O) groups is 1. The molecule has 1 saturated carbocycles. The molecular weight excluding hydrogens is 278 g/mol. The minimum absolute atomic E-state index is 0.0246. The standard InChI is InChI=1S/C13H15N3O5/c1-7-11(13(17)14-8(2)9-3-4-9)5-10(15(18)19)6-12(7)16(20)21/h5-6,8-9H,3-4H2,1-2H3,(H,14,17). The number of benzene rings is 1. The summed E-state index contributed by atoms with van der Waals surface area (Å²) in [6.07, 6.45) is 2.07. The molecule has 2 rings (SSSR count). The number of nitro groups is 2. The molecule has 0 spiro atoms. The van der Waals surface area contributed by atoms with Crippen LogP contribution in [-0.4, -0.2) is 21.8 Å². The number of hydrogen-bond acceptors (Lipinski definition) is 5. The molecule has 8 nitrogen and oxygen atoms in total. The Morgan fingerprint density at radius 3 is 2.38 bits per heavy atom. The monoisotopic (exact) mass is 293 g/mol. The summed E-state index contributed by atoms with van der Waals surface area (Å²) in [5.74, 6) is -0.0957. The number of hydrogen-bond donors (Lipinski definition) is 1. The lowest BCUT2D eigenvalue weighted by Gasteiger charge is -2.14. The molecule has 21 heavy (non-hydrogen) atoms. The molecule has 1 unspecified atom stereocenters. The van der Waals surface area contributed by atoms with Crippen LogP contribution in [0.3, 0.4) is 0 Å². The van der Waals surface area contributed by atoms with Crippen molar-refractivity contribution in [2.24, 2.45) is 5.92 Å². The van der Waals surface area contributed by atoms with Crippen LogP contribution in [0.25, 0.3) is 0 Å². The second-order valence-corrected chi connectivity index (χ2v) is 5.25. The minimum atomic E-state index is -0.743. The van der Waals surface area contributed by atoms with E-state index in [2.05, 4.69) is 5.32 Å². The van der Waals surface area contributed by atoms with Gasteiger partial charge < -0.3 is 5.32 Å². The molecule has 0 aromatic heterocycles. The van der Waals surface area contributed by atoms with E-state index in [-0.39, 0.29) is 17.2 Å². The molecule has 0 aliphatic heterocycles. The third-order valence-corrected chi connectivity index (χ3v) is 3.71. The van der Waals surface area contributed by atoms with Crippen molar-refractivity contribution in [1.82, 2.24) is 5.32 Å². The van der Waals surface area contributed by atoms with E-state index in [1.807, 2.05) is 6.92 Å². The Morgan fingerprint density at radius 2 is 1.90 bits per heavy atom. The van der Waals surface area contributed by atoms with Crippen LogP contribution in [0, 0.1) is 33.1 Å². The van der Waals surface area contributed by atoms with Gasteiger partial charge in [-0.25, -0.2) is 0 Å². The Balaban J connectivity index is 2.38. The van der Waals surface area contributed by atoms with Gasteiger partial charge in [0.1, 0.15) is 0 Å². The van der Waals surface area contributed by atoms with Crippen LogP contribution in [0.2, 0.25) is 0 Å². The summed E-state index contributed by atoms with van der Waals surface area (Å²) >= 11 is 0. The Labute approximate surface area is 120 Å². The molecule has 1 amide bonds. The van der Waals surface area contributed by atoms with Crippen molar-refractivity contribution in [2.75, 3.05) is 0 Å². The second-order valence-electron chi connectivity index (χ2n) is 5.25. The summed E-state index contributed by atoms with van der Waals surface area (Å²) in [5.41, 5.74) is -0.778. The summed E-state index contributed by atoms with van der Waals surface area (Å²) in [5, 5.41) is 24.6. The first-order valence-corrected chi connectivity index (χ1v) is 6.55. The van der Waals surface area contributed by atoms with Gasteiger partial charge in [-0.15, -0.1) is 0 Å². The van der Waals surface area contributed by atoms with E-state index in [4.69, 9.17) is 0 Å². The van der Waals surface area contributed by atoms with E-state index in [1.54, 1.807) is 0 Å². The second kappa shape index (κ2) is 5.47. The van der Waals surface area contributed by atoms with Gasteiger partial charge in [-0.2, -0.15) is 0 Å². The fourth-order valence-electron chi connectivity index (χ4n) is 2.21. The molecular formula is C13H15N3O5. The van der Waals surface area contributed by atoms with E-state index in [0.29, 0.717) is 5.92 Å². The smallest absolute Gasteiger partial charge is 0.279 e. The lowest BCUT2D eigenvalue weighted by atomic mass is 10.0. The van der Waals surface area contributed by atoms with Crippen LogP contribution in [0.15, 0.2) is 12.1 Å². The number of nitrogens with zero attached hydrogens (tertiary/aromatic N) is 2. The zero-order valence-corrected chi connectivity index (χ0v) is 11.7. The number of rotatable bonds is 5. The first kappa shape index (κ1) is 14.9. The largest absolute Gasteiger partial charge is 0.349 e. The predicted octanol–water partition coefficient (Wildman–Crippen LogP) is 2.34. The van der Waals surface area contributed by atoms with Crippen molar-refractivity contribution in [2.45, 2.75) is 32.7 Å². The lowest BCUT2D eigenvalue weighted by molar-refractivity contribution is -0.394. The maximum absolute atomic E-state index is 12.2. The van der Waals surface area contributed by atoms with Gasteiger partial charge in [0.05, 0.1) is 21.5 Å². The van der Waals surface area contributed by atoms with Crippen molar-refractivity contribution in [3.63, 3.8) is 0 Å². The highest BCUT2D eigenvalue weighted by molar-refractivity contribution is 5.97. The van der Waals surface area contributed by atoms with Crippen molar-refractivity contribution in [1.29, 1.82) is 0 Å². The first-order chi connectivity index (χ1) is 9.81. The number of nitro benzene ring substituents is 2. The predicted molar refractivity (Wildman–Crippen MR) is 74.1 cm³/mol. The average Bonchev–Trinajstić information content (AvgIpc) is 3.22. The third-order valence-electron chi connectivity index (χ3n) is 3.71. The molecule has 0 bridgehead atoms. The van der Waals surface area contributed by atoms with Crippen molar-refractivity contribution < 1.29 is 14.6 Å². The lowest BCUT2D eigenvalue weighted by Crippen LogP contribution is -2.34. The Bertz CT molecular complexity index is 624. The third kappa shape index (κ3) is 3.15. The zero-order valence-electron chi connectivity index (χ0n) is 11.7. The topological polar surface area (TPSA) is 115 Å². The number of nitrogens with one attached hydrogen (secondary N) is 1. The van der Waals surface area contributed by atoms with E-state index < -0.39 is 27.1 Å². The molecule has 8 heteroatoms. The highest BCUT2D eigenvalue weighted by Gasteiger charge is 2.31. The number of amides is 1. The van der Waals surface area contributed by atoms with Gasteiger partial charge in [0.15, 0.2) is 0 Å². The van der Waals surface area contributed by atoms with Crippen molar-refractivity contribution >= 4 is 17.3 Å². The Morgan fingerprint density at radius 1 is 1.29 bits per heavy atom. The molecule has 1 aromatic carbocycles. The molecule has 112 valence electrons. The van der Waals surface area contributed by atoms with Gasteiger partial charge in [-0.05, 0) is 32.6 Å². The first-order valence-electron chi connectivity index (χ1n) is 6.55. The minimum Gasteiger partial charge on any atom is -0.349 e. The molecule has 1 N–H and O–H groups in total. The fourth-order valence-corrected chi connectivity index (χ4v) is 2.21. The summed E-state index contributed by atoms with van der Waals surface area (Å²) in [4.78, 5) is 32.6. The molecule has 1 atom stereocenters. The van der Waals surface area contributed by atoms with E-state index in [9.17, 15) is 25.0 Å². The Hall–Kier alpha value is -2.51. The average molecular weight is 293 g/mol. The van der Waals surface area contributed by atoms with Gasteiger partial charge in [0.2, 0.25) is 0 Å². The normalized spacial score (nSPS) is 15.3. The van der Waals surface area contributed by atoms with Crippen molar-refractivity contribution in [3.05, 3.63) is 43.5 Å². The SMILES string of the molecule is Cc1c(C(=O)NC(C)C2CC2)cc([N+](=O)[O-])cc1[N+](=O)[O-]. The van der Waals surface area contributed by atoms with E-state index in [1.165, 1.54) is 6.92 Å². The van der Waals surface area contributed by atoms with Crippen LogP contribution in [-0.2, 0) is 0 Å². The summed E-state index contributed by atoms with van der Waals surface area (Å²) in [6, 6.07) is 1.91. The maximum Gasteiger partial charge on any atom is 0.279 e. The van der Waals surface area contributed by atoms with Gasteiger partial charge in [0.25, 0.3) is 17.3 Å². The van der Waals surface area contributed by atoms with Crippen LogP contribution in [0.5, 0.6) is 0 Å². The van der Waals surface area contributed by atoms with Gasteiger partial charge in [-0.1, -0.05) is 0 Å². The van der Waals surface area contributed by atoms with E-state index >= 15 is 0 Å². The van der Waals surface area contributed by atoms with Gasteiger partial charge >= 0.3 is 0 Å². The molecule has 1 aliphatic rings. The number of non-ortho nitro benzene ring substituents is 1. The van der Waals surface area contributed by atoms with Crippen LogP contribution >= 0.6 is 0 Å². The summed E-state index contributed by atoms with van der Waals surface area (Å²) < 4.78 is 0.